The number of imidazole rings is 1. The topological polar surface area (TPSA) is 116 Å². The Kier molecular flexibility index (Phi) is 11.0. The number of nitrogen functional groups attached to an aromatic ring is 1. The van der Waals surface area contributed by atoms with E-state index in [1.54, 1.807) is 7.11 Å². The van der Waals surface area contributed by atoms with Gasteiger partial charge in [0.25, 0.3) is 0 Å². The molecule has 0 unspecified atom stereocenters. The van der Waals surface area contributed by atoms with Crippen LogP contribution in [-0.4, -0.2) is 82.7 Å². The van der Waals surface area contributed by atoms with Gasteiger partial charge in [0.05, 0.1) is 37.2 Å². The predicted molar refractivity (Wildman–Crippen MR) is 177 cm³/mol. The molecule has 45 heavy (non-hydrogen) atoms. The number of benzene rings is 2. The lowest BCUT2D eigenvalue weighted by molar-refractivity contribution is -0.139. The van der Waals surface area contributed by atoms with Crippen molar-refractivity contribution in [3.63, 3.8) is 0 Å². The molecule has 1 aliphatic rings. The number of piperidine rings is 1. The highest BCUT2D eigenvalue weighted by molar-refractivity contribution is 6.06. The Balaban J connectivity index is 1.38. The van der Waals surface area contributed by atoms with Crippen LogP contribution >= 0.6 is 0 Å². The Morgan fingerprint density at radius 3 is 2.56 bits per heavy atom. The van der Waals surface area contributed by atoms with Crippen LogP contribution < -0.4 is 5.73 Å². The SMILES string of the molecule is CCCCc1nc2c(N)nc3ccccc3c2n1CCCN(Cc1cccc(CC(=O)OC)c1)C(=O)CN1CCC(OC)CC1. The van der Waals surface area contributed by atoms with Gasteiger partial charge in [0.15, 0.2) is 5.82 Å². The van der Waals surface area contributed by atoms with Gasteiger partial charge in [-0.25, -0.2) is 9.97 Å². The molecule has 2 aromatic heterocycles. The summed E-state index contributed by atoms with van der Waals surface area (Å²) in [5.74, 6) is 1.27. The van der Waals surface area contributed by atoms with Crippen molar-refractivity contribution in [2.45, 2.75) is 71.1 Å². The van der Waals surface area contributed by atoms with Gasteiger partial charge in [0, 0.05) is 51.6 Å². The molecule has 10 nitrogen and oxygen atoms in total. The number of fused-ring (bicyclic) bond motifs is 3. The van der Waals surface area contributed by atoms with Crippen molar-refractivity contribution in [3.05, 3.63) is 65.5 Å². The van der Waals surface area contributed by atoms with Gasteiger partial charge in [0.1, 0.15) is 11.3 Å². The zero-order valence-electron chi connectivity index (χ0n) is 26.8. The molecule has 1 fully saturated rings. The molecule has 0 radical (unpaired) electrons. The Morgan fingerprint density at radius 2 is 1.80 bits per heavy atom. The predicted octanol–water partition coefficient (Wildman–Crippen LogP) is 4.75. The van der Waals surface area contributed by atoms with Crippen LogP contribution in [0.4, 0.5) is 5.82 Å². The van der Waals surface area contributed by atoms with Crippen molar-refractivity contribution in [2.24, 2.45) is 0 Å². The first kappa shape index (κ1) is 32.4. The second-order valence-corrected chi connectivity index (χ2v) is 11.9. The number of amides is 1. The maximum Gasteiger partial charge on any atom is 0.309 e. The van der Waals surface area contributed by atoms with E-state index in [1.165, 1.54) is 7.11 Å². The molecule has 0 spiro atoms. The molecule has 1 saturated heterocycles. The van der Waals surface area contributed by atoms with Crippen LogP contribution in [0.1, 0.15) is 56.0 Å². The fourth-order valence-corrected chi connectivity index (χ4v) is 6.27. The average molecular weight is 615 g/mol. The number of rotatable bonds is 14. The number of aryl methyl sites for hydroxylation is 2. The molecular weight excluding hydrogens is 568 g/mol. The number of nitrogens with zero attached hydrogens (tertiary/aromatic N) is 5. The molecule has 5 rings (SSSR count). The first-order valence-corrected chi connectivity index (χ1v) is 16.1. The number of unbranched alkanes of at least 4 members (excludes halogenated alkanes) is 1. The standard InChI is InChI=1S/C35H46N6O4/c1-4-5-14-30-38-33-34(28-12-6-7-13-29(28)37-35(33)36)41(30)18-9-17-40(31(42)24-39-19-15-27(44-2)16-20-39)23-26-11-8-10-25(21-26)22-32(43)45-3/h6-8,10-13,21,27H,4-5,9,14-20,22-24H2,1-3H3,(H2,36,37). The first-order chi connectivity index (χ1) is 21.9. The van der Waals surface area contributed by atoms with Crippen molar-refractivity contribution >= 4 is 39.6 Å². The summed E-state index contributed by atoms with van der Waals surface area (Å²) < 4.78 is 12.7. The van der Waals surface area contributed by atoms with Gasteiger partial charge in [-0.15, -0.1) is 0 Å². The molecule has 2 N–H and O–H groups in total. The van der Waals surface area contributed by atoms with E-state index in [0.29, 0.717) is 32.0 Å². The summed E-state index contributed by atoms with van der Waals surface area (Å²) in [6, 6.07) is 15.9. The minimum absolute atomic E-state index is 0.102. The summed E-state index contributed by atoms with van der Waals surface area (Å²) >= 11 is 0. The van der Waals surface area contributed by atoms with Gasteiger partial charge in [-0.3, -0.25) is 14.5 Å². The Hall–Kier alpha value is -4.02. The number of pyridine rings is 1. The summed E-state index contributed by atoms with van der Waals surface area (Å²) in [5, 5.41) is 1.03. The van der Waals surface area contributed by atoms with Gasteiger partial charge in [-0.2, -0.15) is 0 Å². The minimum atomic E-state index is -0.283. The average Bonchev–Trinajstić information content (AvgIpc) is 3.42. The quantitative estimate of drug-likeness (QED) is 0.202. The van der Waals surface area contributed by atoms with E-state index in [1.807, 2.05) is 47.4 Å². The van der Waals surface area contributed by atoms with E-state index in [9.17, 15) is 9.59 Å². The molecule has 10 heteroatoms. The molecule has 1 aliphatic heterocycles. The number of nitrogens with two attached hydrogens (primary N) is 1. The Labute approximate surface area is 265 Å². The number of aromatic nitrogens is 3. The first-order valence-electron chi connectivity index (χ1n) is 16.1. The largest absolute Gasteiger partial charge is 0.469 e. The highest BCUT2D eigenvalue weighted by Gasteiger charge is 2.24. The molecule has 0 saturated carbocycles. The molecule has 1 amide bonds. The molecule has 2 aromatic carbocycles. The number of hydrogen-bond acceptors (Lipinski definition) is 8. The maximum absolute atomic E-state index is 13.8. The third kappa shape index (κ3) is 7.99. The van der Waals surface area contributed by atoms with Crippen LogP contribution in [0.2, 0.25) is 0 Å². The monoisotopic (exact) mass is 614 g/mol. The molecule has 3 heterocycles. The number of likely N-dealkylation sites (tertiary alicyclic amines) is 1. The third-order valence-corrected chi connectivity index (χ3v) is 8.77. The van der Waals surface area contributed by atoms with E-state index in [-0.39, 0.29) is 24.4 Å². The van der Waals surface area contributed by atoms with E-state index >= 15 is 0 Å². The number of esters is 1. The molecule has 4 aromatic rings. The van der Waals surface area contributed by atoms with Gasteiger partial charge in [0.2, 0.25) is 5.91 Å². The summed E-state index contributed by atoms with van der Waals surface area (Å²) in [6.07, 6.45) is 6.02. The van der Waals surface area contributed by atoms with E-state index in [0.717, 1.165) is 90.5 Å². The fraction of sp³-hybridized carbons (Fsp3) is 0.486. The number of carbonyl (C=O) groups excluding carboxylic acids is 2. The Morgan fingerprint density at radius 1 is 1.02 bits per heavy atom. The smallest absolute Gasteiger partial charge is 0.309 e. The van der Waals surface area contributed by atoms with Gasteiger partial charge >= 0.3 is 5.97 Å². The van der Waals surface area contributed by atoms with Crippen LogP contribution in [0.15, 0.2) is 48.5 Å². The number of anilines is 1. The molecule has 240 valence electrons. The highest BCUT2D eigenvalue weighted by Crippen LogP contribution is 2.29. The van der Waals surface area contributed by atoms with Gasteiger partial charge in [-0.05, 0) is 42.9 Å². The minimum Gasteiger partial charge on any atom is -0.469 e. The van der Waals surface area contributed by atoms with Gasteiger partial charge < -0.3 is 24.7 Å². The molecule has 0 aliphatic carbocycles. The lowest BCUT2D eigenvalue weighted by atomic mass is 10.1. The molecular formula is C35H46N6O4. The van der Waals surface area contributed by atoms with Crippen molar-refractivity contribution in [3.8, 4) is 0 Å². The van der Waals surface area contributed by atoms with Gasteiger partial charge in [-0.1, -0.05) is 55.8 Å². The second kappa shape index (κ2) is 15.3. The summed E-state index contributed by atoms with van der Waals surface area (Å²) in [6.45, 7) is 6.00. The lowest BCUT2D eigenvalue weighted by Crippen LogP contribution is -2.44. The zero-order valence-corrected chi connectivity index (χ0v) is 26.8. The third-order valence-electron chi connectivity index (χ3n) is 8.77. The number of carbonyl (C=O) groups is 2. The van der Waals surface area contributed by atoms with Crippen LogP contribution in [0, 0.1) is 0 Å². The van der Waals surface area contributed by atoms with E-state index in [2.05, 4.69) is 27.4 Å². The number of ether oxygens (including phenoxy) is 2. The zero-order chi connectivity index (χ0) is 31.8. The van der Waals surface area contributed by atoms with Crippen molar-refractivity contribution in [1.82, 2.24) is 24.3 Å². The summed E-state index contributed by atoms with van der Waals surface area (Å²) in [5.41, 5.74) is 10.9. The van der Waals surface area contributed by atoms with Crippen LogP contribution in [-0.2, 0) is 45.0 Å². The van der Waals surface area contributed by atoms with Crippen LogP contribution in [0.25, 0.3) is 21.9 Å². The summed E-state index contributed by atoms with van der Waals surface area (Å²) in [4.78, 5) is 39.5. The Bertz CT molecular complexity index is 1610. The van der Waals surface area contributed by atoms with Crippen LogP contribution in [0.3, 0.4) is 0 Å². The normalized spacial score (nSPS) is 14.3. The summed E-state index contributed by atoms with van der Waals surface area (Å²) in [7, 11) is 3.15. The number of hydrogen-bond donors (Lipinski definition) is 1. The lowest BCUT2D eigenvalue weighted by Gasteiger charge is -2.32. The van der Waals surface area contributed by atoms with E-state index < -0.39 is 0 Å². The van der Waals surface area contributed by atoms with Crippen molar-refractivity contribution in [1.29, 1.82) is 0 Å². The fourth-order valence-electron chi connectivity index (χ4n) is 6.27. The van der Waals surface area contributed by atoms with Crippen LogP contribution in [0.5, 0.6) is 0 Å². The second-order valence-electron chi connectivity index (χ2n) is 11.9. The number of methoxy groups -OCH3 is 2. The van der Waals surface area contributed by atoms with Crippen molar-refractivity contribution < 1.29 is 19.1 Å². The number of para-hydroxylation sites is 1. The molecule has 0 atom stereocenters. The molecule has 0 bridgehead atoms. The highest BCUT2D eigenvalue weighted by atomic mass is 16.5. The van der Waals surface area contributed by atoms with E-state index in [4.69, 9.17) is 20.2 Å². The van der Waals surface area contributed by atoms with Crippen molar-refractivity contribution in [2.75, 3.05) is 46.1 Å². The maximum atomic E-state index is 13.8.